The molecular weight excluding hydrogens is 286 g/mol. The average molecular weight is 305 g/mol. The fourth-order valence-electron chi connectivity index (χ4n) is 3.88. The number of fused-ring (bicyclic) bond motifs is 2. The third kappa shape index (κ3) is 2.16. The standard InChI is InChI=1S/C19H19N3O/c1-3-7-20-19(23)13-8-15-14-5-4-6-16-18(14)12(10-21-16)9-17(15)22(2)11-13/h1,4-6,8,10,13,17,21H,7,9,11H2,2H3,(H,20,23)/t13-,17-/m1/s1. The largest absolute Gasteiger partial charge is 0.361 e. The molecule has 2 heterocycles. The van der Waals surface area contributed by atoms with E-state index in [0.29, 0.717) is 6.04 Å². The molecule has 0 bridgehead atoms. The van der Waals surface area contributed by atoms with Crippen LogP contribution < -0.4 is 5.32 Å². The molecule has 116 valence electrons. The monoisotopic (exact) mass is 305 g/mol. The Morgan fingerprint density at radius 3 is 3.22 bits per heavy atom. The van der Waals surface area contributed by atoms with Crippen LogP contribution in [0.3, 0.4) is 0 Å². The van der Waals surface area contributed by atoms with Crippen LogP contribution in [0.5, 0.6) is 0 Å². The number of nitrogens with zero attached hydrogens (tertiary/aromatic N) is 1. The first kappa shape index (κ1) is 14.1. The van der Waals surface area contributed by atoms with E-state index >= 15 is 0 Å². The van der Waals surface area contributed by atoms with Crippen molar-refractivity contribution in [1.29, 1.82) is 0 Å². The third-order valence-electron chi connectivity index (χ3n) is 4.97. The van der Waals surface area contributed by atoms with Gasteiger partial charge in [-0.05, 0) is 36.2 Å². The van der Waals surface area contributed by atoms with Crippen LogP contribution >= 0.6 is 0 Å². The highest BCUT2D eigenvalue weighted by Crippen LogP contribution is 2.40. The van der Waals surface area contributed by atoms with Crippen LogP contribution in [0.25, 0.3) is 16.5 Å². The number of aromatic amines is 1. The van der Waals surface area contributed by atoms with E-state index in [1.54, 1.807) is 0 Å². The van der Waals surface area contributed by atoms with Crippen molar-refractivity contribution in [2.75, 3.05) is 20.1 Å². The molecule has 0 unspecified atom stereocenters. The number of benzene rings is 1. The molecule has 2 atom stereocenters. The number of likely N-dealkylation sites (N-methyl/N-ethyl adjacent to an activating group) is 1. The molecule has 1 aliphatic heterocycles. The van der Waals surface area contributed by atoms with E-state index in [0.717, 1.165) is 13.0 Å². The molecule has 2 aromatic rings. The highest BCUT2D eigenvalue weighted by molar-refractivity contribution is 5.99. The predicted octanol–water partition coefficient (Wildman–Crippen LogP) is 1.79. The van der Waals surface area contributed by atoms with Crippen molar-refractivity contribution in [2.24, 2.45) is 5.92 Å². The quantitative estimate of drug-likeness (QED) is 0.831. The zero-order valence-electron chi connectivity index (χ0n) is 13.1. The van der Waals surface area contributed by atoms with Crippen LogP contribution in [0.1, 0.15) is 11.1 Å². The van der Waals surface area contributed by atoms with Gasteiger partial charge in [0.2, 0.25) is 5.91 Å². The van der Waals surface area contributed by atoms with Crippen molar-refractivity contribution in [3.05, 3.63) is 41.6 Å². The van der Waals surface area contributed by atoms with Crippen LogP contribution in [0, 0.1) is 18.3 Å². The Morgan fingerprint density at radius 1 is 1.52 bits per heavy atom. The van der Waals surface area contributed by atoms with Crippen molar-refractivity contribution in [1.82, 2.24) is 15.2 Å². The van der Waals surface area contributed by atoms with Gasteiger partial charge in [-0.2, -0.15) is 0 Å². The molecule has 4 heteroatoms. The van der Waals surface area contributed by atoms with Crippen LogP contribution in [-0.4, -0.2) is 42.0 Å². The molecule has 1 amide bonds. The zero-order valence-corrected chi connectivity index (χ0v) is 13.1. The summed E-state index contributed by atoms with van der Waals surface area (Å²) in [6.45, 7) is 1.00. The summed E-state index contributed by atoms with van der Waals surface area (Å²) in [4.78, 5) is 18.0. The average Bonchev–Trinajstić information content (AvgIpc) is 2.98. The molecule has 2 aliphatic rings. The zero-order chi connectivity index (χ0) is 16.0. The first-order valence-corrected chi connectivity index (χ1v) is 7.91. The highest BCUT2D eigenvalue weighted by atomic mass is 16.1. The molecule has 0 fully saturated rings. The molecule has 2 N–H and O–H groups in total. The maximum atomic E-state index is 12.3. The first-order valence-electron chi connectivity index (χ1n) is 7.91. The van der Waals surface area contributed by atoms with Gasteiger partial charge in [0.1, 0.15) is 0 Å². The lowest BCUT2D eigenvalue weighted by atomic mass is 9.80. The van der Waals surface area contributed by atoms with Crippen molar-refractivity contribution in [3.8, 4) is 12.3 Å². The highest BCUT2D eigenvalue weighted by Gasteiger charge is 2.35. The minimum Gasteiger partial charge on any atom is -0.361 e. The van der Waals surface area contributed by atoms with Gasteiger partial charge in [-0.25, -0.2) is 0 Å². The number of rotatable bonds is 2. The first-order chi connectivity index (χ1) is 11.2. The lowest BCUT2D eigenvalue weighted by Crippen LogP contribution is -2.46. The smallest absolute Gasteiger partial charge is 0.228 e. The second kappa shape index (κ2) is 5.29. The van der Waals surface area contributed by atoms with E-state index in [-0.39, 0.29) is 18.4 Å². The summed E-state index contributed by atoms with van der Waals surface area (Å²) in [5.41, 5.74) is 5.03. The van der Waals surface area contributed by atoms with E-state index < -0.39 is 0 Å². The Bertz CT molecular complexity index is 855. The van der Waals surface area contributed by atoms with Gasteiger partial charge in [-0.1, -0.05) is 24.1 Å². The summed E-state index contributed by atoms with van der Waals surface area (Å²) in [5, 5.41) is 4.10. The molecule has 0 spiro atoms. The topological polar surface area (TPSA) is 48.1 Å². The van der Waals surface area contributed by atoms with Crippen molar-refractivity contribution in [3.63, 3.8) is 0 Å². The normalized spacial score (nSPS) is 23.0. The minimum absolute atomic E-state index is 0.00721. The summed E-state index contributed by atoms with van der Waals surface area (Å²) in [6.07, 6.45) is 10.5. The number of amides is 1. The Labute approximate surface area is 135 Å². The lowest BCUT2D eigenvalue weighted by Gasteiger charge is -2.39. The fourth-order valence-corrected chi connectivity index (χ4v) is 3.88. The molecule has 4 rings (SSSR count). The summed E-state index contributed by atoms with van der Waals surface area (Å²) in [6, 6.07) is 6.67. The molecule has 1 aliphatic carbocycles. The number of H-pyrrole nitrogens is 1. The Morgan fingerprint density at radius 2 is 2.39 bits per heavy atom. The fraction of sp³-hybridized carbons (Fsp3) is 0.316. The van der Waals surface area contributed by atoms with E-state index in [9.17, 15) is 4.79 Å². The van der Waals surface area contributed by atoms with Crippen molar-refractivity contribution in [2.45, 2.75) is 12.5 Å². The Balaban J connectivity index is 1.79. The van der Waals surface area contributed by atoms with Gasteiger partial charge < -0.3 is 10.3 Å². The number of nitrogens with one attached hydrogen (secondary N) is 2. The molecule has 0 saturated carbocycles. The van der Waals surface area contributed by atoms with Crippen LogP contribution in [-0.2, 0) is 11.2 Å². The van der Waals surface area contributed by atoms with Gasteiger partial charge in [-0.15, -0.1) is 6.42 Å². The number of carbonyl (C=O) groups excluding carboxylic acids is 1. The van der Waals surface area contributed by atoms with Gasteiger partial charge in [-0.3, -0.25) is 9.69 Å². The molecule has 1 aromatic heterocycles. The number of hydrogen-bond acceptors (Lipinski definition) is 2. The van der Waals surface area contributed by atoms with Crippen LogP contribution in [0.15, 0.2) is 30.5 Å². The number of carbonyl (C=O) groups is 1. The van der Waals surface area contributed by atoms with Crippen LogP contribution in [0.2, 0.25) is 0 Å². The second-order valence-corrected chi connectivity index (χ2v) is 6.35. The second-order valence-electron chi connectivity index (χ2n) is 6.35. The van der Waals surface area contributed by atoms with Crippen LogP contribution in [0.4, 0.5) is 0 Å². The summed E-state index contributed by atoms with van der Waals surface area (Å²) in [7, 11) is 2.09. The van der Waals surface area contributed by atoms with Gasteiger partial charge in [0.25, 0.3) is 0 Å². The van der Waals surface area contributed by atoms with E-state index in [2.05, 4.69) is 58.6 Å². The summed E-state index contributed by atoms with van der Waals surface area (Å²) < 4.78 is 0. The van der Waals surface area contributed by atoms with Gasteiger partial charge in [0.15, 0.2) is 0 Å². The maximum Gasteiger partial charge on any atom is 0.228 e. The van der Waals surface area contributed by atoms with Gasteiger partial charge in [0, 0.05) is 29.7 Å². The maximum absolute atomic E-state index is 12.3. The molecule has 0 radical (unpaired) electrons. The SMILES string of the molecule is C#CCNC(=O)[C@@H]1C=C2c3cccc4[nH]cc(c34)C[C@H]2N(C)C1. The number of terminal acetylenes is 1. The molecular formula is C19H19N3O. The van der Waals surface area contributed by atoms with E-state index in [1.165, 1.54) is 27.6 Å². The Kier molecular flexibility index (Phi) is 3.24. The summed E-state index contributed by atoms with van der Waals surface area (Å²) >= 11 is 0. The molecule has 4 nitrogen and oxygen atoms in total. The molecule has 1 aromatic carbocycles. The van der Waals surface area contributed by atoms with E-state index in [4.69, 9.17) is 6.42 Å². The molecule has 23 heavy (non-hydrogen) atoms. The number of hydrogen-bond donors (Lipinski definition) is 2. The summed E-state index contributed by atoms with van der Waals surface area (Å²) in [5.74, 6) is 2.31. The van der Waals surface area contributed by atoms with Crippen molar-refractivity contribution < 1.29 is 4.79 Å². The third-order valence-corrected chi connectivity index (χ3v) is 4.97. The molecule has 0 saturated heterocycles. The number of aromatic nitrogens is 1. The minimum atomic E-state index is -0.157. The van der Waals surface area contributed by atoms with Crippen molar-refractivity contribution >= 4 is 22.4 Å². The predicted molar refractivity (Wildman–Crippen MR) is 91.7 cm³/mol. The lowest BCUT2D eigenvalue weighted by molar-refractivity contribution is -0.124. The van der Waals surface area contributed by atoms with Gasteiger partial charge >= 0.3 is 0 Å². The van der Waals surface area contributed by atoms with E-state index in [1.807, 2.05) is 0 Å². The Hall–Kier alpha value is -2.51. The van der Waals surface area contributed by atoms with Gasteiger partial charge in [0.05, 0.1) is 12.5 Å².